The predicted molar refractivity (Wildman–Crippen MR) is 236 cm³/mol. The molecule has 1 aromatic heterocycles. The van der Waals surface area contributed by atoms with Crippen molar-refractivity contribution in [2.75, 3.05) is 6.61 Å². The van der Waals surface area contributed by atoms with Crippen molar-refractivity contribution in [3.05, 3.63) is 34.4 Å². The Hall–Kier alpha value is -1.87. The van der Waals surface area contributed by atoms with Gasteiger partial charge >= 0.3 is 0 Å². The Bertz CT molecular complexity index is 2310. The molecule has 65 heavy (non-hydrogen) atoms. The maximum atomic E-state index is 14.8. The number of carbonyl (C=O) groups is 1. The molecule has 4 saturated heterocycles. The fraction of sp³-hybridized carbons (Fsp3) is 0.868. The molecule has 0 radical (unpaired) electrons. The normalized spacial score (nSPS) is 58.7. The maximum Gasteiger partial charge on any atom is 0.174 e. The molecule has 12 nitrogen and oxygen atoms in total. The molecule has 0 bridgehead atoms. The first-order valence-corrected chi connectivity index (χ1v) is 25.7. The Balaban J connectivity index is 0.773. The van der Waals surface area contributed by atoms with Gasteiger partial charge in [-0.15, -0.1) is 0 Å². The number of hydrogen-bond acceptors (Lipinski definition) is 12. The third kappa shape index (κ3) is 5.09. The van der Waals surface area contributed by atoms with Gasteiger partial charge in [-0.3, -0.25) is 14.8 Å². The minimum atomic E-state index is -1.44. The monoisotopic (exact) mass is 899 g/mol. The van der Waals surface area contributed by atoms with Gasteiger partial charge in [-0.2, -0.15) is 0 Å². The number of aromatic nitrogens is 2. The zero-order valence-electron chi connectivity index (χ0n) is 40.0. The summed E-state index contributed by atoms with van der Waals surface area (Å²) in [6.45, 7) is 16.9. The summed E-state index contributed by atoms with van der Waals surface area (Å²) in [4.78, 5) is 25.8. The molecule has 5 heterocycles. The summed E-state index contributed by atoms with van der Waals surface area (Å²) < 4.78 is 26.3. The van der Waals surface area contributed by atoms with Crippen LogP contribution in [0.4, 0.5) is 0 Å². The summed E-state index contributed by atoms with van der Waals surface area (Å²) in [6, 6.07) is 0. The van der Waals surface area contributed by atoms with E-state index < -0.39 is 63.4 Å². The van der Waals surface area contributed by atoms with Crippen molar-refractivity contribution in [1.29, 1.82) is 0 Å². The molecule has 12 heteroatoms. The third-order valence-corrected chi connectivity index (χ3v) is 23.1. The molecular formula is C53H74N2O10. The Morgan fingerprint density at radius 1 is 0.708 bits per heavy atom. The minimum absolute atomic E-state index is 0.0131. The molecule has 12 aliphatic rings. The molecule has 2 spiro atoms. The number of ether oxygens (including phenoxy) is 4. The molecule has 0 unspecified atom stereocenters. The maximum absolute atomic E-state index is 14.8. The first kappa shape index (κ1) is 43.2. The largest absolute Gasteiger partial charge is 0.392 e. The van der Waals surface area contributed by atoms with Gasteiger partial charge in [0.25, 0.3) is 0 Å². The summed E-state index contributed by atoms with van der Waals surface area (Å²) in [6.07, 6.45) is 9.90. The Morgan fingerprint density at radius 3 is 2.06 bits per heavy atom. The molecule has 356 valence electrons. The Labute approximate surface area is 384 Å². The van der Waals surface area contributed by atoms with Crippen LogP contribution in [-0.2, 0) is 49.4 Å². The van der Waals surface area contributed by atoms with E-state index in [0.717, 1.165) is 73.3 Å². The van der Waals surface area contributed by atoms with E-state index in [1.165, 1.54) is 0 Å². The number of ketones is 1. The molecule has 0 aromatic carbocycles. The standard InChI is InChI=1S/C53H74N2O10/c1-26-52(14-12-45(4,59)25-62-52)64-42-20-32-43-31(19-41(58)49(32,8)53(26,42)61)47(6)23-37-35(16-28(47)17-38(43)56)55-36-22-46(5)27(15-34(36)54-37)9-10-29-30(46)18-40(57)48(7)33-21-50(13-11-44(2,3)65-50)63-39(33)24-51(29,48)60/h20,26-31,33,38-39,41-43,56,58-61H,9-19,21-25H2,1-8H3/t26-,27+,28-,29-,30+,31+,33+,38+,39+,41-,42+,43-,45+,46+,47+,48+,49-,50+,51+,52-,53-/m1/s1. The van der Waals surface area contributed by atoms with Gasteiger partial charge in [0.05, 0.1) is 69.9 Å². The second-order valence-electron chi connectivity index (χ2n) is 26.4. The smallest absolute Gasteiger partial charge is 0.174 e. The molecule has 5 saturated carbocycles. The summed E-state index contributed by atoms with van der Waals surface area (Å²) in [5.74, 6) is -1.76. The first-order chi connectivity index (χ1) is 30.4. The second kappa shape index (κ2) is 12.7. The number of carbonyl (C=O) groups excluding carboxylic acids is 1. The molecule has 21 atom stereocenters. The topological polar surface area (TPSA) is 181 Å². The van der Waals surface area contributed by atoms with Crippen LogP contribution >= 0.6 is 0 Å². The van der Waals surface area contributed by atoms with Crippen molar-refractivity contribution in [2.24, 2.45) is 69.0 Å². The molecular weight excluding hydrogens is 825 g/mol. The zero-order chi connectivity index (χ0) is 45.7. The number of fused-ring (bicyclic) bond motifs is 16. The summed E-state index contributed by atoms with van der Waals surface area (Å²) >= 11 is 0. The van der Waals surface area contributed by atoms with Crippen LogP contribution in [0.2, 0.25) is 0 Å². The first-order valence-electron chi connectivity index (χ1n) is 25.7. The lowest BCUT2D eigenvalue weighted by molar-refractivity contribution is -0.289. The average Bonchev–Trinajstić information content (AvgIpc) is 3.93. The summed E-state index contributed by atoms with van der Waals surface area (Å²) in [5, 5.41) is 61.4. The molecule has 13 rings (SSSR count). The fourth-order valence-corrected chi connectivity index (χ4v) is 19.1. The molecule has 1 aromatic rings. The quantitative estimate of drug-likeness (QED) is 0.208. The van der Waals surface area contributed by atoms with E-state index in [9.17, 15) is 30.3 Å². The minimum Gasteiger partial charge on any atom is -0.392 e. The van der Waals surface area contributed by atoms with Gasteiger partial charge in [0.15, 0.2) is 11.6 Å². The van der Waals surface area contributed by atoms with Crippen molar-refractivity contribution in [1.82, 2.24) is 9.97 Å². The van der Waals surface area contributed by atoms with E-state index in [4.69, 9.17) is 28.9 Å². The molecule has 0 amide bonds. The predicted octanol–water partition coefficient (Wildman–Crippen LogP) is 5.48. The fourth-order valence-electron chi connectivity index (χ4n) is 19.1. The van der Waals surface area contributed by atoms with Crippen molar-refractivity contribution in [3.63, 3.8) is 0 Å². The number of hydrogen-bond donors (Lipinski definition) is 5. The van der Waals surface area contributed by atoms with Gasteiger partial charge in [0.2, 0.25) is 0 Å². The van der Waals surface area contributed by atoms with Crippen LogP contribution < -0.4 is 0 Å². The highest BCUT2D eigenvalue weighted by Gasteiger charge is 2.79. The van der Waals surface area contributed by atoms with E-state index in [2.05, 4.69) is 34.6 Å². The molecule has 9 fully saturated rings. The summed E-state index contributed by atoms with van der Waals surface area (Å²) in [7, 11) is 0. The summed E-state index contributed by atoms with van der Waals surface area (Å²) in [5.41, 5.74) is -1.03. The number of nitrogens with zero attached hydrogens (tertiary/aromatic N) is 2. The van der Waals surface area contributed by atoms with Crippen LogP contribution in [0.15, 0.2) is 11.6 Å². The van der Waals surface area contributed by atoms with E-state index in [0.29, 0.717) is 57.3 Å². The lowest BCUT2D eigenvalue weighted by Gasteiger charge is -2.63. The van der Waals surface area contributed by atoms with E-state index in [1.807, 2.05) is 19.9 Å². The van der Waals surface area contributed by atoms with Gasteiger partial charge in [-0.1, -0.05) is 39.3 Å². The van der Waals surface area contributed by atoms with E-state index in [-0.39, 0.29) is 70.4 Å². The van der Waals surface area contributed by atoms with E-state index in [1.54, 1.807) is 6.92 Å². The van der Waals surface area contributed by atoms with Gasteiger partial charge in [-0.05, 0) is 132 Å². The van der Waals surface area contributed by atoms with Crippen LogP contribution in [0.3, 0.4) is 0 Å². The molecule has 8 aliphatic carbocycles. The molecule has 4 aliphatic heterocycles. The highest BCUT2D eigenvalue weighted by Crippen LogP contribution is 2.73. The lowest BCUT2D eigenvalue weighted by Crippen LogP contribution is -2.66. The average molecular weight is 899 g/mol. The SMILES string of the molecule is C[C@@H]1[C@@]2(CC[C@](C)(O)CO2)O[C@H]2C=C3[C@@H]4[C@@H](O)C[C@H]5Cc6nc7c(nc6C[C@]5(C)[C@H]4C[C@@H](O)[C@]3(C)[C@]21O)C[C@@H]1CC[C@@H]2[C@H](CC(=O)[C@]3(C)[C@H]4C[C@@]5(CCC(C)(C)O5)O[C@H]4C[C@]23O)[C@@]1(C)C7. The highest BCUT2D eigenvalue weighted by atomic mass is 16.7. The van der Waals surface area contributed by atoms with Crippen LogP contribution in [0, 0.1) is 69.0 Å². The second-order valence-corrected chi connectivity index (χ2v) is 26.4. The highest BCUT2D eigenvalue weighted by molar-refractivity contribution is 5.88. The van der Waals surface area contributed by atoms with Gasteiger partial charge in [0.1, 0.15) is 17.5 Å². The lowest BCUT2D eigenvalue weighted by atomic mass is 9.43. The van der Waals surface area contributed by atoms with Crippen LogP contribution in [0.1, 0.15) is 149 Å². The van der Waals surface area contributed by atoms with Crippen LogP contribution in [-0.4, -0.2) is 106 Å². The Morgan fingerprint density at radius 2 is 1.40 bits per heavy atom. The number of aliphatic hydroxyl groups is 5. The van der Waals surface area contributed by atoms with Gasteiger partial charge in [0, 0.05) is 55.3 Å². The van der Waals surface area contributed by atoms with Crippen molar-refractivity contribution >= 4 is 5.78 Å². The van der Waals surface area contributed by atoms with Crippen molar-refractivity contribution in [2.45, 2.75) is 210 Å². The zero-order valence-corrected chi connectivity index (χ0v) is 40.0. The van der Waals surface area contributed by atoms with Gasteiger partial charge in [-0.25, -0.2) is 0 Å². The Kier molecular flexibility index (Phi) is 8.45. The van der Waals surface area contributed by atoms with Crippen molar-refractivity contribution in [3.8, 4) is 0 Å². The van der Waals surface area contributed by atoms with Crippen LogP contribution in [0.25, 0.3) is 0 Å². The van der Waals surface area contributed by atoms with Crippen LogP contribution in [0.5, 0.6) is 0 Å². The third-order valence-electron chi connectivity index (χ3n) is 23.1. The number of Topliss-reactive ketones (excluding diaryl/α,β-unsaturated/α-hetero) is 1. The van der Waals surface area contributed by atoms with Gasteiger partial charge < -0.3 is 44.5 Å². The van der Waals surface area contributed by atoms with Crippen molar-refractivity contribution < 1.29 is 49.3 Å². The molecule has 5 N–H and O–H groups in total. The van der Waals surface area contributed by atoms with E-state index >= 15 is 0 Å². The number of rotatable bonds is 0. The number of aliphatic hydroxyl groups excluding tert-OH is 2.